The zero-order chi connectivity index (χ0) is 11.4. The highest BCUT2D eigenvalue weighted by Crippen LogP contribution is 2.14. The molecular formula is C12H17N3O. The van der Waals surface area contributed by atoms with Crippen LogP contribution in [0.3, 0.4) is 0 Å². The van der Waals surface area contributed by atoms with Gasteiger partial charge in [0.1, 0.15) is 0 Å². The van der Waals surface area contributed by atoms with Crippen molar-refractivity contribution in [2.45, 2.75) is 18.9 Å². The summed E-state index contributed by atoms with van der Waals surface area (Å²) >= 11 is 0. The van der Waals surface area contributed by atoms with Crippen LogP contribution in [-0.2, 0) is 4.79 Å². The van der Waals surface area contributed by atoms with Crippen LogP contribution in [0.5, 0.6) is 0 Å². The van der Waals surface area contributed by atoms with Gasteiger partial charge in [-0.1, -0.05) is 0 Å². The van der Waals surface area contributed by atoms with E-state index < -0.39 is 0 Å². The van der Waals surface area contributed by atoms with E-state index in [1.54, 1.807) is 0 Å². The topological polar surface area (TPSA) is 53.2 Å². The van der Waals surface area contributed by atoms with Gasteiger partial charge in [-0.3, -0.25) is 4.79 Å². The number of hydrogen-bond acceptors (Lipinski definition) is 3. The molecule has 0 unspecified atom stereocenters. The number of hydrogen-bond donors (Lipinski definition) is 3. The Kier molecular flexibility index (Phi) is 3.41. The average Bonchev–Trinajstić information content (AvgIpc) is 2.83. The van der Waals surface area contributed by atoms with Crippen LogP contribution < -0.4 is 16.0 Å². The summed E-state index contributed by atoms with van der Waals surface area (Å²) in [5, 5.41) is 9.12. The smallest absolute Gasteiger partial charge is 0.241 e. The Hall–Kier alpha value is -1.55. The van der Waals surface area contributed by atoms with Crippen LogP contribution >= 0.6 is 0 Å². The summed E-state index contributed by atoms with van der Waals surface area (Å²) < 4.78 is 0. The fourth-order valence-corrected chi connectivity index (χ4v) is 1.86. The first-order chi connectivity index (χ1) is 7.79. The molecule has 0 radical (unpaired) electrons. The van der Waals surface area contributed by atoms with Crippen LogP contribution in [0.25, 0.3) is 0 Å². The van der Waals surface area contributed by atoms with Crippen molar-refractivity contribution in [2.24, 2.45) is 0 Å². The molecule has 4 nitrogen and oxygen atoms in total. The van der Waals surface area contributed by atoms with Gasteiger partial charge < -0.3 is 16.0 Å². The number of rotatable bonds is 3. The molecule has 3 N–H and O–H groups in total. The second kappa shape index (κ2) is 4.99. The lowest BCUT2D eigenvalue weighted by molar-refractivity contribution is -0.117. The largest absolute Gasteiger partial charge is 0.388 e. The molecule has 16 heavy (non-hydrogen) atoms. The van der Waals surface area contributed by atoms with Gasteiger partial charge in [0.2, 0.25) is 5.91 Å². The van der Waals surface area contributed by atoms with E-state index in [9.17, 15) is 4.79 Å². The molecule has 4 heteroatoms. The third kappa shape index (κ3) is 2.52. The Bertz CT molecular complexity index is 355. The van der Waals surface area contributed by atoms with Crippen molar-refractivity contribution in [1.82, 2.24) is 5.32 Å². The van der Waals surface area contributed by atoms with Crippen molar-refractivity contribution < 1.29 is 4.79 Å². The Labute approximate surface area is 95.4 Å². The van der Waals surface area contributed by atoms with Crippen molar-refractivity contribution in [2.75, 3.05) is 24.2 Å². The van der Waals surface area contributed by atoms with Crippen molar-refractivity contribution in [3.8, 4) is 0 Å². The average molecular weight is 219 g/mol. The standard InChI is InChI=1S/C12H17N3O/c1-13-9-4-6-10(7-5-9)15-12(16)11-3-2-8-14-11/h4-7,11,13-14H,2-3,8H2,1H3,(H,15,16)/t11-/m1/s1. The highest BCUT2D eigenvalue weighted by Gasteiger charge is 2.21. The quantitative estimate of drug-likeness (QED) is 0.720. The van der Waals surface area contributed by atoms with Gasteiger partial charge >= 0.3 is 0 Å². The zero-order valence-electron chi connectivity index (χ0n) is 9.42. The molecule has 2 rings (SSSR count). The first-order valence-corrected chi connectivity index (χ1v) is 5.61. The summed E-state index contributed by atoms with van der Waals surface area (Å²) in [6, 6.07) is 7.66. The minimum atomic E-state index is -0.0241. The van der Waals surface area contributed by atoms with Crippen LogP contribution in [0.2, 0.25) is 0 Å². The maximum atomic E-state index is 11.8. The van der Waals surface area contributed by atoms with Gasteiger partial charge in [-0.15, -0.1) is 0 Å². The molecule has 1 saturated heterocycles. The number of amides is 1. The predicted molar refractivity (Wildman–Crippen MR) is 65.6 cm³/mol. The van der Waals surface area contributed by atoms with Crippen LogP contribution in [0.1, 0.15) is 12.8 Å². The highest BCUT2D eigenvalue weighted by atomic mass is 16.2. The first-order valence-electron chi connectivity index (χ1n) is 5.61. The van der Waals surface area contributed by atoms with E-state index in [2.05, 4.69) is 16.0 Å². The van der Waals surface area contributed by atoms with E-state index >= 15 is 0 Å². The molecule has 0 spiro atoms. The van der Waals surface area contributed by atoms with Gasteiger partial charge in [-0.2, -0.15) is 0 Å². The van der Waals surface area contributed by atoms with Gasteiger partial charge in [0.15, 0.2) is 0 Å². The normalized spacial score (nSPS) is 19.4. The van der Waals surface area contributed by atoms with Crippen LogP contribution in [0, 0.1) is 0 Å². The molecule has 0 saturated carbocycles. The lowest BCUT2D eigenvalue weighted by Gasteiger charge is -2.11. The molecule has 1 fully saturated rings. The summed E-state index contributed by atoms with van der Waals surface area (Å²) in [4.78, 5) is 11.8. The Morgan fingerprint density at radius 3 is 2.56 bits per heavy atom. The van der Waals surface area contributed by atoms with Gasteiger partial charge in [0, 0.05) is 18.4 Å². The van der Waals surface area contributed by atoms with E-state index in [1.165, 1.54) is 0 Å². The SMILES string of the molecule is CNc1ccc(NC(=O)[C@H]2CCCN2)cc1. The lowest BCUT2D eigenvalue weighted by atomic mass is 10.2. The van der Waals surface area contributed by atoms with E-state index in [0.717, 1.165) is 30.8 Å². The molecule has 1 amide bonds. The van der Waals surface area contributed by atoms with Crippen LogP contribution in [0.4, 0.5) is 11.4 Å². The fourth-order valence-electron chi connectivity index (χ4n) is 1.86. The van der Waals surface area contributed by atoms with Crippen LogP contribution in [0.15, 0.2) is 24.3 Å². The number of anilines is 2. The fraction of sp³-hybridized carbons (Fsp3) is 0.417. The molecule has 1 atom stereocenters. The second-order valence-corrected chi connectivity index (χ2v) is 3.97. The summed E-state index contributed by atoms with van der Waals surface area (Å²) in [7, 11) is 1.87. The second-order valence-electron chi connectivity index (χ2n) is 3.97. The number of carbonyl (C=O) groups excluding carboxylic acids is 1. The lowest BCUT2D eigenvalue weighted by Crippen LogP contribution is -2.35. The molecule has 86 valence electrons. The maximum Gasteiger partial charge on any atom is 0.241 e. The van der Waals surface area contributed by atoms with Crippen molar-refractivity contribution in [3.05, 3.63) is 24.3 Å². The first kappa shape index (κ1) is 11.0. The minimum absolute atomic E-state index is 0.0241. The van der Waals surface area contributed by atoms with E-state index in [-0.39, 0.29) is 11.9 Å². The van der Waals surface area contributed by atoms with E-state index in [0.29, 0.717) is 0 Å². The number of benzene rings is 1. The molecule has 0 bridgehead atoms. The number of carbonyl (C=O) groups is 1. The van der Waals surface area contributed by atoms with Gasteiger partial charge in [-0.05, 0) is 43.7 Å². The highest BCUT2D eigenvalue weighted by molar-refractivity contribution is 5.95. The van der Waals surface area contributed by atoms with E-state index in [1.807, 2.05) is 31.3 Å². The van der Waals surface area contributed by atoms with Gasteiger partial charge in [-0.25, -0.2) is 0 Å². The van der Waals surface area contributed by atoms with Crippen molar-refractivity contribution >= 4 is 17.3 Å². The molecular weight excluding hydrogens is 202 g/mol. The van der Waals surface area contributed by atoms with Gasteiger partial charge in [0.05, 0.1) is 6.04 Å². The van der Waals surface area contributed by atoms with E-state index in [4.69, 9.17) is 0 Å². The summed E-state index contributed by atoms with van der Waals surface area (Å²) in [6.45, 7) is 0.941. The monoisotopic (exact) mass is 219 g/mol. The molecule has 0 aliphatic carbocycles. The Morgan fingerprint density at radius 1 is 1.31 bits per heavy atom. The summed E-state index contributed by atoms with van der Waals surface area (Å²) in [5.41, 5.74) is 1.88. The Balaban J connectivity index is 1.94. The summed E-state index contributed by atoms with van der Waals surface area (Å²) in [5.74, 6) is 0.0645. The third-order valence-corrected chi connectivity index (χ3v) is 2.82. The predicted octanol–water partition coefficient (Wildman–Crippen LogP) is 1.42. The maximum absolute atomic E-state index is 11.8. The molecule has 1 aromatic rings. The van der Waals surface area contributed by atoms with Crippen molar-refractivity contribution in [3.63, 3.8) is 0 Å². The Morgan fingerprint density at radius 2 is 2.00 bits per heavy atom. The molecule has 1 aromatic carbocycles. The third-order valence-electron chi connectivity index (χ3n) is 2.82. The molecule has 1 heterocycles. The minimum Gasteiger partial charge on any atom is -0.388 e. The molecule has 1 aliphatic heterocycles. The molecule has 1 aliphatic rings. The van der Waals surface area contributed by atoms with Crippen molar-refractivity contribution in [1.29, 1.82) is 0 Å². The van der Waals surface area contributed by atoms with Gasteiger partial charge in [0.25, 0.3) is 0 Å². The number of nitrogens with one attached hydrogen (secondary N) is 3. The molecule has 0 aromatic heterocycles. The summed E-state index contributed by atoms with van der Waals surface area (Å²) in [6.07, 6.45) is 2.01. The van der Waals surface area contributed by atoms with Crippen LogP contribution in [-0.4, -0.2) is 25.5 Å². The zero-order valence-corrected chi connectivity index (χ0v) is 9.42.